The van der Waals surface area contributed by atoms with Gasteiger partial charge in [0.1, 0.15) is 10.8 Å². The molecule has 0 spiro atoms. The van der Waals surface area contributed by atoms with Gasteiger partial charge < -0.3 is 20.3 Å². The van der Waals surface area contributed by atoms with Crippen molar-refractivity contribution >= 4 is 29.5 Å². The minimum atomic E-state index is -0.564. The van der Waals surface area contributed by atoms with Crippen LogP contribution in [0.5, 0.6) is 0 Å². The van der Waals surface area contributed by atoms with E-state index in [0.29, 0.717) is 36.8 Å². The monoisotopic (exact) mass is 410 g/mol. The second kappa shape index (κ2) is 9.73. The Morgan fingerprint density at radius 2 is 1.96 bits per heavy atom. The zero-order chi connectivity index (χ0) is 20.7. The second-order valence-electron chi connectivity index (χ2n) is 7.68. The molecule has 9 heteroatoms. The first kappa shape index (κ1) is 21.9. The summed E-state index contributed by atoms with van der Waals surface area (Å²) in [4.78, 5) is 42.1. The van der Waals surface area contributed by atoms with Crippen LogP contribution in [0.1, 0.15) is 44.0 Å². The Hall–Kier alpha value is -2.35. The predicted molar refractivity (Wildman–Crippen MR) is 105 cm³/mol. The van der Waals surface area contributed by atoms with Gasteiger partial charge in [-0.05, 0) is 45.7 Å². The van der Waals surface area contributed by atoms with Crippen LogP contribution in [0.15, 0.2) is 18.3 Å². The van der Waals surface area contributed by atoms with Crippen molar-refractivity contribution in [2.24, 2.45) is 5.92 Å². The lowest BCUT2D eigenvalue weighted by molar-refractivity contribution is -0.126. The highest BCUT2D eigenvalue weighted by atomic mass is 35.5. The fourth-order valence-electron chi connectivity index (χ4n) is 2.87. The lowest BCUT2D eigenvalue weighted by atomic mass is 9.96. The molecule has 1 aliphatic rings. The van der Waals surface area contributed by atoms with Gasteiger partial charge in [0.15, 0.2) is 0 Å². The Balaban J connectivity index is 1.77. The van der Waals surface area contributed by atoms with E-state index in [1.807, 2.05) is 0 Å². The minimum absolute atomic E-state index is 0.127. The molecule has 0 aromatic carbocycles. The quantitative estimate of drug-likeness (QED) is 0.572. The SMILES string of the molecule is CC(C)(C)OC(=O)NCCNC(=O)C1CCCN(C(=O)c2ccc(Cl)nc2)C1. The Bertz CT molecular complexity index is 703. The van der Waals surface area contributed by atoms with Crippen LogP contribution >= 0.6 is 11.6 Å². The van der Waals surface area contributed by atoms with Crippen molar-refractivity contribution in [2.45, 2.75) is 39.2 Å². The summed E-state index contributed by atoms with van der Waals surface area (Å²) < 4.78 is 5.13. The number of pyridine rings is 1. The number of carbonyl (C=O) groups is 3. The first-order chi connectivity index (χ1) is 13.2. The maximum Gasteiger partial charge on any atom is 0.407 e. The van der Waals surface area contributed by atoms with Gasteiger partial charge in [0, 0.05) is 32.4 Å². The molecule has 28 heavy (non-hydrogen) atoms. The molecule has 2 N–H and O–H groups in total. The third-order valence-corrected chi connectivity index (χ3v) is 4.37. The van der Waals surface area contributed by atoms with Crippen molar-refractivity contribution in [2.75, 3.05) is 26.2 Å². The molecule has 1 aliphatic heterocycles. The van der Waals surface area contributed by atoms with Gasteiger partial charge in [0.25, 0.3) is 5.91 Å². The summed E-state index contributed by atoms with van der Waals surface area (Å²) in [5, 5.41) is 5.72. The molecule has 1 saturated heterocycles. The highest BCUT2D eigenvalue weighted by Crippen LogP contribution is 2.19. The lowest BCUT2D eigenvalue weighted by Crippen LogP contribution is -2.46. The molecule has 154 valence electrons. The zero-order valence-electron chi connectivity index (χ0n) is 16.5. The molecule has 0 radical (unpaired) electrons. The van der Waals surface area contributed by atoms with Gasteiger partial charge in [-0.1, -0.05) is 11.6 Å². The molecule has 0 aliphatic carbocycles. The van der Waals surface area contributed by atoms with Crippen LogP contribution in [-0.4, -0.2) is 59.6 Å². The van der Waals surface area contributed by atoms with Crippen LogP contribution < -0.4 is 10.6 Å². The number of halogens is 1. The molecular weight excluding hydrogens is 384 g/mol. The average Bonchev–Trinajstić information content (AvgIpc) is 2.64. The lowest BCUT2D eigenvalue weighted by Gasteiger charge is -2.32. The summed E-state index contributed by atoms with van der Waals surface area (Å²) in [6.45, 7) is 6.87. The third-order valence-electron chi connectivity index (χ3n) is 4.15. The average molecular weight is 411 g/mol. The number of alkyl carbamates (subject to hydrolysis) is 1. The number of carbonyl (C=O) groups excluding carboxylic acids is 3. The van der Waals surface area contributed by atoms with E-state index in [2.05, 4.69) is 15.6 Å². The van der Waals surface area contributed by atoms with Crippen LogP contribution in [0.25, 0.3) is 0 Å². The fourth-order valence-corrected chi connectivity index (χ4v) is 2.98. The van der Waals surface area contributed by atoms with Crippen LogP contribution in [0.4, 0.5) is 4.79 Å². The number of piperidine rings is 1. The van der Waals surface area contributed by atoms with Gasteiger partial charge in [0.05, 0.1) is 11.5 Å². The van der Waals surface area contributed by atoms with E-state index in [-0.39, 0.29) is 24.3 Å². The maximum atomic E-state index is 12.6. The Morgan fingerprint density at radius 1 is 1.25 bits per heavy atom. The summed E-state index contributed by atoms with van der Waals surface area (Å²) >= 11 is 5.76. The third kappa shape index (κ3) is 6.99. The number of aromatic nitrogens is 1. The van der Waals surface area contributed by atoms with Crippen molar-refractivity contribution in [3.63, 3.8) is 0 Å². The Labute approximate surface area is 170 Å². The van der Waals surface area contributed by atoms with Crippen molar-refractivity contribution in [1.82, 2.24) is 20.5 Å². The molecule has 1 aromatic rings. The van der Waals surface area contributed by atoms with Gasteiger partial charge in [-0.15, -0.1) is 0 Å². The topological polar surface area (TPSA) is 101 Å². The maximum absolute atomic E-state index is 12.6. The number of rotatable bonds is 5. The number of amides is 3. The molecule has 3 amide bonds. The van der Waals surface area contributed by atoms with Gasteiger partial charge in [0.2, 0.25) is 5.91 Å². The smallest absolute Gasteiger partial charge is 0.407 e. The molecule has 0 saturated carbocycles. The van der Waals surface area contributed by atoms with Gasteiger partial charge >= 0.3 is 6.09 Å². The second-order valence-corrected chi connectivity index (χ2v) is 8.07. The standard InChI is InChI=1S/C19H27ClN4O4/c1-19(2,3)28-18(27)22-9-8-21-16(25)14-5-4-10-24(12-14)17(26)13-6-7-15(20)23-11-13/h6-7,11,14H,4-5,8-10,12H2,1-3H3,(H,21,25)(H,22,27). The highest BCUT2D eigenvalue weighted by Gasteiger charge is 2.29. The first-order valence-corrected chi connectivity index (χ1v) is 9.69. The number of nitrogens with one attached hydrogen (secondary N) is 2. The van der Waals surface area contributed by atoms with Gasteiger partial charge in [-0.2, -0.15) is 0 Å². The van der Waals surface area contributed by atoms with E-state index in [1.54, 1.807) is 37.8 Å². The van der Waals surface area contributed by atoms with Crippen molar-refractivity contribution in [3.05, 3.63) is 29.0 Å². The van der Waals surface area contributed by atoms with Crippen LogP contribution in [0, 0.1) is 5.92 Å². The van der Waals surface area contributed by atoms with E-state index >= 15 is 0 Å². The number of likely N-dealkylation sites (tertiary alicyclic amines) is 1. The molecular formula is C19H27ClN4O4. The van der Waals surface area contributed by atoms with Crippen molar-refractivity contribution < 1.29 is 19.1 Å². The van der Waals surface area contributed by atoms with E-state index in [9.17, 15) is 14.4 Å². The molecule has 1 fully saturated rings. The predicted octanol–water partition coefficient (Wildman–Crippen LogP) is 2.23. The first-order valence-electron chi connectivity index (χ1n) is 9.31. The zero-order valence-corrected chi connectivity index (χ0v) is 17.2. The van der Waals surface area contributed by atoms with E-state index in [0.717, 1.165) is 6.42 Å². The normalized spacial score (nSPS) is 17.0. The van der Waals surface area contributed by atoms with E-state index < -0.39 is 11.7 Å². The summed E-state index contributed by atoms with van der Waals surface area (Å²) in [6, 6.07) is 3.20. The largest absolute Gasteiger partial charge is 0.444 e. The Morgan fingerprint density at radius 3 is 2.61 bits per heavy atom. The van der Waals surface area contributed by atoms with Gasteiger partial charge in [-0.3, -0.25) is 9.59 Å². The molecule has 2 rings (SSSR count). The molecule has 1 unspecified atom stereocenters. The molecule has 0 bridgehead atoms. The fraction of sp³-hybridized carbons (Fsp3) is 0.579. The van der Waals surface area contributed by atoms with E-state index in [4.69, 9.17) is 16.3 Å². The van der Waals surface area contributed by atoms with Crippen LogP contribution in [0.2, 0.25) is 5.15 Å². The summed E-state index contributed by atoms with van der Waals surface area (Å²) in [5.41, 5.74) is -0.114. The highest BCUT2D eigenvalue weighted by molar-refractivity contribution is 6.29. The van der Waals surface area contributed by atoms with Crippen LogP contribution in [-0.2, 0) is 9.53 Å². The van der Waals surface area contributed by atoms with E-state index in [1.165, 1.54) is 6.20 Å². The molecule has 2 heterocycles. The van der Waals surface area contributed by atoms with Crippen LogP contribution in [0.3, 0.4) is 0 Å². The molecule has 1 atom stereocenters. The minimum Gasteiger partial charge on any atom is -0.444 e. The number of hydrogen-bond acceptors (Lipinski definition) is 5. The number of nitrogens with zero attached hydrogens (tertiary/aromatic N) is 2. The van der Waals surface area contributed by atoms with Crippen molar-refractivity contribution in [1.29, 1.82) is 0 Å². The number of ether oxygens (including phenoxy) is 1. The van der Waals surface area contributed by atoms with Crippen molar-refractivity contribution in [3.8, 4) is 0 Å². The summed E-state index contributed by atoms with van der Waals surface area (Å²) in [7, 11) is 0. The molecule has 1 aromatic heterocycles. The number of hydrogen-bond donors (Lipinski definition) is 2. The Kier molecular flexibility index (Phi) is 7.62. The molecule has 8 nitrogen and oxygen atoms in total. The van der Waals surface area contributed by atoms with Gasteiger partial charge in [-0.25, -0.2) is 9.78 Å². The summed E-state index contributed by atoms with van der Waals surface area (Å²) in [5.74, 6) is -0.564. The summed E-state index contributed by atoms with van der Waals surface area (Å²) in [6.07, 6.45) is 2.39.